The van der Waals surface area contributed by atoms with E-state index in [1.54, 1.807) is 0 Å². The van der Waals surface area contributed by atoms with Gasteiger partial charge in [0.2, 0.25) is 11.8 Å². The normalized spacial score (nSPS) is 16.8. The number of hydrogen-bond acceptors (Lipinski definition) is 7. The molecule has 2 rings (SSSR count). The molecule has 3 amide bonds. The van der Waals surface area contributed by atoms with Crippen molar-refractivity contribution in [3.63, 3.8) is 0 Å². The fraction of sp³-hybridized carbons (Fsp3) is 0.600. The molecule has 1 aliphatic rings. The number of carbonyl (C=O) groups excluding carboxylic acids is 4. The highest BCUT2D eigenvalue weighted by atomic mass is 32.2. The Bertz CT molecular complexity index is 840. The van der Waals surface area contributed by atoms with Crippen molar-refractivity contribution in [3.05, 3.63) is 35.9 Å². The van der Waals surface area contributed by atoms with Crippen molar-refractivity contribution in [1.29, 1.82) is 0 Å². The molecule has 0 bridgehead atoms. The van der Waals surface area contributed by atoms with E-state index in [1.807, 2.05) is 58.0 Å². The third-order valence-corrected chi connectivity index (χ3v) is 6.11. The van der Waals surface area contributed by atoms with E-state index in [2.05, 4.69) is 5.32 Å². The Morgan fingerprint density at radius 2 is 1.88 bits per heavy atom. The monoisotopic (exact) mass is 492 g/mol. The summed E-state index contributed by atoms with van der Waals surface area (Å²) < 4.78 is 10.6. The lowest BCUT2D eigenvalue weighted by Crippen LogP contribution is -2.50. The number of nitrogens with zero attached hydrogens (tertiary/aromatic N) is 1. The highest BCUT2D eigenvalue weighted by Crippen LogP contribution is 2.21. The van der Waals surface area contributed by atoms with Crippen LogP contribution in [0.5, 0.6) is 0 Å². The molecule has 0 saturated carbocycles. The highest BCUT2D eigenvalue weighted by molar-refractivity contribution is 7.99. The number of imide groups is 1. The first-order valence-electron chi connectivity index (χ1n) is 11.7. The van der Waals surface area contributed by atoms with Crippen molar-refractivity contribution in [3.8, 4) is 0 Å². The van der Waals surface area contributed by atoms with Crippen LogP contribution in [0.2, 0.25) is 0 Å². The summed E-state index contributed by atoms with van der Waals surface area (Å²) in [5.74, 6) is -0.0854. The number of benzene rings is 1. The molecular weight excluding hydrogens is 456 g/mol. The number of hydrogen-bond donors (Lipinski definition) is 1. The van der Waals surface area contributed by atoms with Crippen molar-refractivity contribution >= 4 is 35.6 Å². The second-order valence-electron chi connectivity index (χ2n) is 9.28. The molecule has 9 heteroatoms. The third kappa shape index (κ3) is 9.37. The zero-order valence-electron chi connectivity index (χ0n) is 20.5. The van der Waals surface area contributed by atoms with Crippen LogP contribution in [-0.2, 0) is 30.5 Å². The van der Waals surface area contributed by atoms with E-state index in [0.717, 1.165) is 23.3 Å². The fourth-order valence-corrected chi connectivity index (χ4v) is 4.46. The van der Waals surface area contributed by atoms with Crippen LogP contribution in [0.3, 0.4) is 0 Å². The largest absolute Gasteiger partial charge is 0.459 e. The van der Waals surface area contributed by atoms with E-state index in [0.29, 0.717) is 12.2 Å². The fourth-order valence-electron chi connectivity index (χ4n) is 3.64. The molecule has 0 aromatic heterocycles. The molecule has 8 nitrogen and oxygen atoms in total. The average Bonchev–Trinajstić information content (AvgIpc) is 3.16. The summed E-state index contributed by atoms with van der Waals surface area (Å²) in [6.45, 7) is 7.55. The molecule has 0 aliphatic carbocycles. The number of nitrogens with one attached hydrogen (secondary N) is 1. The summed E-state index contributed by atoms with van der Waals surface area (Å²) in [5.41, 5.74) is 0.291. The minimum Gasteiger partial charge on any atom is -0.459 e. The minimum absolute atomic E-state index is 0.0329. The molecule has 1 saturated heterocycles. The molecule has 1 aromatic carbocycles. The molecule has 1 heterocycles. The van der Waals surface area contributed by atoms with Gasteiger partial charge in [-0.2, -0.15) is 11.8 Å². The molecular formula is C25H36N2O6S. The molecule has 1 aliphatic heterocycles. The topological polar surface area (TPSA) is 102 Å². The second kappa shape index (κ2) is 13.4. The van der Waals surface area contributed by atoms with Gasteiger partial charge in [-0.05, 0) is 51.3 Å². The predicted octanol–water partition coefficient (Wildman–Crippen LogP) is 4.06. The number of esters is 1. The zero-order chi connectivity index (χ0) is 25.1. The molecule has 0 spiro atoms. The maximum absolute atomic E-state index is 13.0. The first-order valence-corrected chi connectivity index (χ1v) is 12.9. The van der Waals surface area contributed by atoms with Gasteiger partial charge in [0, 0.05) is 12.5 Å². The molecule has 1 aromatic rings. The van der Waals surface area contributed by atoms with Crippen molar-refractivity contribution in [1.82, 2.24) is 10.2 Å². The van der Waals surface area contributed by atoms with E-state index in [4.69, 9.17) is 9.47 Å². The summed E-state index contributed by atoms with van der Waals surface area (Å²) in [4.78, 5) is 50.7. The van der Waals surface area contributed by atoms with Gasteiger partial charge in [0.25, 0.3) is 0 Å². The number of rotatable bonds is 11. The van der Waals surface area contributed by atoms with Crippen LogP contribution in [0, 0.1) is 0 Å². The number of carbonyl (C=O) groups is 4. The quantitative estimate of drug-likeness (QED) is 0.367. The van der Waals surface area contributed by atoms with Crippen molar-refractivity contribution in [2.24, 2.45) is 0 Å². The Morgan fingerprint density at radius 1 is 1.18 bits per heavy atom. The van der Waals surface area contributed by atoms with Gasteiger partial charge in [-0.15, -0.1) is 0 Å². The van der Waals surface area contributed by atoms with Crippen LogP contribution in [0.4, 0.5) is 4.79 Å². The van der Waals surface area contributed by atoms with Gasteiger partial charge in [-0.1, -0.05) is 43.7 Å². The SMILES string of the molecule is CCCC(CCSCC(=O)OC(C)(C)C)NC(=O)C1CCC(=O)N1C(=O)OCc1ccccc1. The summed E-state index contributed by atoms with van der Waals surface area (Å²) >= 11 is 1.46. The predicted molar refractivity (Wildman–Crippen MR) is 131 cm³/mol. The van der Waals surface area contributed by atoms with Crippen molar-refractivity contribution < 1.29 is 28.7 Å². The summed E-state index contributed by atoms with van der Waals surface area (Å²) in [6.07, 6.45) is 1.91. The minimum atomic E-state index is -0.871. The van der Waals surface area contributed by atoms with Gasteiger partial charge >= 0.3 is 12.1 Å². The van der Waals surface area contributed by atoms with Crippen LogP contribution in [-0.4, -0.2) is 58.0 Å². The van der Waals surface area contributed by atoms with Gasteiger partial charge in [0.1, 0.15) is 18.2 Å². The molecule has 2 atom stereocenters. The molecule has 0 radical (unpaired) electrons. The highest BCUT2D eigenvalue weighted by Gasteiger charge is 2.41. The van der Waals surface area contributed by atoms with Crippen LogP contribution >= 0.6 is 11.8 Å². The van der Waals surface area contributed by atoms with Gasteiger partial charge in [0.05, 0.1) is 5.75 Å². The van der Waals surface area contributed by atoms with Gasteiger partial charge in [-0.3, -0.25) is 14.4 Å². The molecule has 2 unspecified atom stereocenters. The molecule has 1 fully saturated rings. The van der Waals surface area contributed by atoms with E-state index in [9.17, 15) is 19.2 Å². The lowest BCUT2D eigenvalue weighted by atomic mass is 10.1. The van der Waals surface area contributed by atoms with Crippen LogP contribution in [0.15, 0.2) is 30.3 Å². The zero-order valence-corrected chi connectivity index (χ0v) is 21.3. The first-order chi connectivity index (χ1) is 16.1. The van der Waals surface area contributed by atoms with E-state index >= 15 is 0 Å². The standard InChI is InChI=1S/C25H36N2O6S/c1-5-9-19(14-15-34-17-22(29)33-25(2,3)4)26-23(30)20-12-13-21(28)27(20)24(31)32-16-18-10-7-6-8-11-18/h6-8,10-11,19-20H,5,9,12-17H2,1-4H3,(H,26,30). The van der Waals surface area contributed by atoms with Gasteiger partial charge < -0.3 is 14.8 Å². The molecule has 188 valence electrons. The number of ether oxygens (including phenoxy) is 2. The van der Waals surface area contributed by atoms with E-state index in [1.165, 1.54) is 11.8 Å². The lowest BCUT2D eigenvalue weighted by molar-refractivity contribution is -0.151. The molecule has 34 heavy (non-hydrogen) atoms. The van der Waals surface area contributed by atoms with Crippen LogP contribution in [0.1, 0.15) is 65.4 Å². The first kappa shape index (κ1) is 27.7. The number of thioether (sulfide) groups is 1. The van der Waals surface area contributed by atoms with Crippen LogP contribution < -0.4 is 5.32 Å². The summed E-state index contributed by atoms with van der Waals surface area (Å²) in [6, 6.07) is 8.18. The average molecular weight is 493 g/mol. The smallest absolute Gasteiger partial charge is 0.417 e. The summed E-state index contributed by atoms with van der Waals surface area (Å²) in [5, 5.41) is 3.00. The Kier molecular flexibility index (Phi) is 10.9. The van der Waals surface area contributed by atoms with Gasteiger partial charge in [0.15, 0.2) is 0 Å². The van der Waals surface area contributed by atoms with Crippen molar-refractivity contribution in [2.45, 2.75) is 84.1 Å². The third-order valence-electron chi connectivity index (χ3n) is 5.15. The Labute approximate surface area is 206 Å². The second-order valence-corrected chi connectivity index (χ2v) is 10.4. The van der Waals surface area contributed by atoms with Crippen molar-refractivity contribution in [2.75, 3.05) is 11.5 Å². The lowest BCUT2D eigenvalue weighted by Gasteiger charge is -2.25. The Balaban J connectivity index is 1.86. The van der Waals surface area contributed by atoms with Crippen LogP contribution in [0.25, 0.3) is 0 Å². The maximum atomic E-state index is 13.0. The maximum Gasteiger partial charge on any atom is 0.417 e. The number of amides is 3. The van der Waals surface area contributed by atoms with E-state index < -0.39 is 23.6 Å². The Morgan fingerprint density at radius 3 is 2.53 bits per heavy atom. The van der Waals surface area contributed by atoms with E-state index in [-0.39, 0.29) is 43.1 Å². The molecule has 1 N–H and O–H groups in total. The Hall–Kier alpha value is -2.55. The van der Waals surface area contributed by atoms with Gasteiger partial charge in [-0.25, -0.2) is 9.69 Å². The summed E-state index contributed by atoms with van der Waals surface area (Å²) in [7, 11) is 0. The number of likely N-dealkylation sites (tertiary alicyclic amines) is 1.